The number of likely N-dealkylation sites (tertiary alicyclic amines) is 1. The number of halogens is 2. The van der Waals surface area contributed by atoms with Crippen LogP contribution in [0.15, 0.2) is 0 Å². The Morgan fingerprint density at radius 3 is 2.73 bits per heavy atom. The van der Waals surface area contributed by atoms with Gasteiger partial charge < -0.3 is 9.64 Å². The molecule has 3 fully saturated rings. The van der Waals surface area contributed by atoms with E-state index < -0.39 is 12.0 Å². The minimum Gasteiger partial charge on any atom is -0.379 e. The van der Waals surface area contributed by atoms with Crippen molar-refractivity contribution >= 4 is 5.91 Å². The molecule has 7 heteroatoms. The maximum atomic E-state index is 13.3. The minimum absolute atomic E-state index is 0.149. The van der Waals surface area contributed by atoms with Crippen LogP contribution < -0.4 is 5.32 Å². The van der Waals surface area contributed by atoms with E-state index in [9.17, 15) is 13.6 Å². The summed E-state index contributed by atoms with van der Waals surface area (Å²) in [6.45, 7) is 5.42. The third-order valence-corrected chi connectivity index (χ3v) is 4.86. The van der Waals surface area contributed by atoms with Crippen LogP contribution in [0.5, 0.6) is 0 Å². The number of amides is 1. The van der Waals surface area contributed by atoms with Crippen molar-refractivity contribution in [3.8, 4) is 0 Å². The second-order valence-electron chi connectivity index (χ2n) is 6.70. The predicted octanol–water partition coefficient (Wildman–Crippen LogP) is 0.554. The van der Waals surface area contributed by atoms with Gasteiger partial charge in [-0.05, 0) is 18.8 Å². The zero-order valence-electron chi connectivity index (χ0n) is 12.9. The minimum atomic E-state index is -2.75. The Balaban J connectivity index is 1.50. The molecule has 3 rings (SSSR count). The molecule has 0 spiro atoms. The fraction of sp³-hybridized carbons (Fsp3) is 0.933. The molecule has 0 aliphatic carbocycles. The molecule has 3 aliphatic rings. The highest BCUT2D eigenvalue weighted by Crippen LogP contribution is 2.27. The molecule has 126 valence electrons. The highest BCUT2D eigenvalue weighted by Gasteiger charge is 2.44. The lowest BCUT2D eigenvalue weighted by Gasteiger charge is -2.37. The van der Waals surface area contributed by atoms with Crippen molar-refractivity contribution in [2.75, 3.05) is 52.5 Å². The molecule has 1 amide bonds. The van der Waals surface area contributed by atoms with E-state index in [0.29, 0.717) is 19.0 Å². The molecule has 2 atom stereocenters. The molecule has 3 saturated heterocycles. The molecular weight excluding hydrogens is 292 g/mol. The summed E-state index contributed by atoms with van der Waals surface area (Å²) in [5, 5.41) is 2.67. The van der Waals surface area contributed by atoms with Gasteiger partial charge in [0.15, 0.2) is 0 Å². The summed E-state index contributed by atoms with van der Waals surface area (Å²) in [5.74, 6) is -2.45. The normalized spacial score (nSPS) is 33.1. The van der Waals surface area contributed by atoms with E-state index in [0.717, 1.165) is 45.7 Å². The van der Waals surface area contributed by atoms with Crippen molar-refractivity contribution in [1.29, 1.82) is 0 Å². The SMILES string of the molecule is O=C(C1CC(F)(F)CN1)N1CCCC(CN2CCOCC2)C1. The molecule has 2 unspecified atom stereocenters. The zero-order chi connectivity index (χ0) is 15.6. The van der Waals surface area contributed by atoms with Gasteiger partial charge in [0, 0.05) is 39.1 Å². The van der Waals surface area contributed by atoms with Gasteiger partial charge in [-0.2, -0.15) is 0 Å². The summed E-state index contributed by atoms with van der Waals surface area (Å²) in [7, 11) is 0. The van der Waals surface area contributed by atoms with Crippen molar-refractivity contribution < 1.29 is 18.3 Å². The summed E-state index contributed by atoms with van der Waals surface area (Å²) in [5.41, 5.74) is 0. The van der Waals surface area contributed by atoms with Gasteiger partial charge in [0.1, 0.15) is 0 Å². The number of nitrogens with one attached hydrogen (secondary N) is 1. The van der Waals surface area contributed by atoms with E-state index in [1.165, 1.54) is 0 Å². The Labute approximate surface area is 130 Å². The average molecular weight is 317 g/mol. The number of rotatable bonds is 3. The van der Waals surface area contributed by atoms with E-state index >= 15 is 0 Å². The smallest absolute Gasteiger partial charge is 0.262 e. The molecule has 0 saturated carbocycles. The van der Waals surface area contributed by atoms with E-state index in [4.69, 9.17) is 4.74 Å². The van der Waals surface area contributed by atoms with Gasteiger partial charge in [-0.1, -0.05) is 0 Å². The molecular formula is C15H25F2N3O2. The highest BCUT2D eigenvalue weighted by atomic mass is 19.3. The van der Waals surface area contributed by atoms with Crippen LogP contribution in [-0.4, -0.2) is 80.2 Å². The number of ether oxygens (including phenoxy) is 1. The lowest BCUT2D eigenvalue weighted by Crippen LogP contribution is -2.50. The standard InChI is InChI=1S/C15H25F2N3O2/c16-15(17)8-13(18-11-15)14(21)20-3-1-2-12(10-20)9-19-4-6-22-7-5-19/h12-13,18H,1-11H2. The Morgan fingerprint density at radius 2 is 2.05 bits per heavy atom. The van der Waals surface area contributed by atoms with Crippen LogP contribution in [0.25, 0.3) is 0 Å². The van der Waals surface area contributed by atoms with Gasteiger partial charge in [0.25, 0.3) is 5.92 Å². The Hall–Kier alpha value is -0.790. The molecule has 22 heavy (non-hydrogen) atoms. The molecule has 0 aromatic carbocycles. The largest absolute Gasteiger partial charge is 0.379 e. The summed E-state index contributed by atoms with van der Waals surface area (Å²) >= 11 is 0. The molecule has 5 nitrogen and oxygen atoms in total. The zero-order valence-corrected chi connectivity index (χ0v) is 12.9. The van der Waals surface area contributed by atoms with Crippen LogP contribution in [0.4, 0.5) is 8.78 Å². The summed E-state index contributed by atoms with van der Waals surface area (Å²) < 4.78 is 31.9. The van der Waals surface area contributed by atoms with E-state index in [2.05, 4.69) is 10.2 Å². The first-order chi connectivity index (χ1) is 10.5. The maximum Gasteiger partial charge on any atom is 0.262 e. The number of piperidine rings is 1. The van der Waals surface area contributed by atoms with Crippen LogP contribution >= 0.6 is 0 Å². The number of alkyl halides is 2. The number of carbonyl (C=O) groups is 1. The average Bonchev–Trinajstić information content (AvgIpc) is 2.88. The van der Waals surface area contributed by atoms with Gasteiger partial charge in [-0.15, -0.1) is 0 Å². The van der Waals surface area contributed by atoms with Crippen molar-refractivity contribution in [3.05, 3.63) is 0 Å². The van der Waals surface area contributed by atoms with Gasteiger partial charge in [0.05, 0.1) is 25.8 Å². The Kier molecular flexibility index (Phi) is 4.94. The second-order valence-corrected chi connectivity index (χ2v) is 6.70. The molecule has 3 aliphatic heterocycles. The highest BCUT2D eigenvalue weighted by molar-refractivity contribution is 5.82. The lowest BCUT2D eigenvalue weighted by molar-refractivity contribution is -0.135. The van der Waals surface area contributed by atoms with Crippen molar-refractivity contribution in [3.63, 3.8) is 0 Å². The Morgan fingerprint density at radius 1 is 1.27 bits per heavy atom. The first kappa shape index (κ1) is 16.1. The lowest BCUT2D eigenvalue weighted by atomic mass is 9.96. The number of nitrogens with zero attached hydrogens (tertiary/aromatic N) is 2. The molecule has 1 N–H and O–H groups in total. The number of morpholine rings is 1. The third kappa shape index (κ3) is 3.94. The number of hydrogen-bond acceptors (Lipinski definition) is 4. The third-order valence-electron chi connectivity index (χ3n) is 4.86. The van der Waals surface area contributed by atoms with Gasteiger partial charge >= 0.3 is 0 Å². The van der Waals surface area contributed by atoms with Gasteiger partial charge in [-0.25, -0.2) is 8.78 Å². The fourth-order valence-corrected chi connectivity index (χ4v) is 3.67. The van der Waals surface area contributed by atoms with E-state index in [-0.39, 0.29) is 18.9 Å². The maximum absolute atomic E-state index is 13.3. The van der Waals surface area contributed by atoms with E-state index in [1.54, 1.807) is 4.90 Å². The summed E-state index contributed by atoms with van der Waals surface area (Å²) in [6.07, 6.45) is 1.70. The van der Waals surface area contributed by atoms with Crippen LogP contribution in [-0.2, 0) is 9.53 Å². The van der Waals surface area contributed by atoms with Crippen LogP contribution in [0.2, 0.25) is 0 Å². The quantitative estimate of drug-likeness (QED) is 0.826. The number of carbonyl (C=O) groups excluding carboxylic acids is 1. The van der Waals surface area contributed by atoms with Crippen LogP contribution in [0, 0.1) is 5.92 Å². The first-order valence-corrected chi connectivity index (χ1v) is 8.24. The molecule has 3 heterocycles. The second kappa shape index (κ2) is 6.76. The van der Waals surface area contributed by atoms with Gasteiger partial charge in [0.2, 0.25) is 5.91 Å². The van der Waals surface area contributed by atoms with Crippen molar-refractivity contribution in [1.82, 2.24) is 15.1 Å². The predicted molar refractivity (Wildman–Crippen MR) is 77.9 cm³/mol. The molecule has 0 bridgehead atoms. The topological polar surface area (TPSA) is 44.8 Å². The van der Waals surface area contributed by atoms with Crippen molar-refractivity contribution in [2.24, 2.45) is 5.92 Å². The van der Waals surface area contributed by atoms with Crippen LogP contribution in [0.1, 0.15) is 19.3 Å². The number of hydrogen-bond donors (Lipinski definition) is 1. The molecule has 0 radical (unpaired) electrons. The van der Waals surface area contributed by atoms with Crippen molar-refractivity contribution in [2.45, 2.75) is 31.2 Å². The molecule has 0 aromatic rings. The summed E-state index contributed by atoms with van der Waals surface area (Å²) in [6, 6.07) is -0.711. The fourth-order valence-electron chi connectivity index (χ4n) is 3.67. The summed E-state index contributed by atoms with van der Waals surface area (Å²) in [4.78, 5) is 16.6. The van der Waals surface area contributed by atoms with Crippen LogP contribution in [0.3, 0.4) is 0 Å². The van der Waals surface area contributed by atoms with Gasteiger partial charge in [-0.3, -0.25) is 15.0 Å². The first-order valence-electron chi connectivity index (χ1n) is 8.24. The molecule has 0 aromatic heterocycles. The van der Waals surface area contributed by atoms with E-state index in [1.807, 2.05) is 0 Å². The Bertz CT molecular complexity index is 402. The monoisotopic (exact) mass is 317 g/mol.